The van der Waals surface area contributed by atoms with Gasteiger partial charge in [-0.05, 0) is 59.4 Å². The SMILES string of the molecule is NC1CCC2CN(Cc3c(F)ccc(I)c3F)CC12. The molecule has 2 N–H and O–H groups in total. The highest BCUT2D eigenvalue weighted by molar-refractivity contribution is 14.1. The summed E-state index contributed by atoms with van der Waals surface area (Å²) in [7, 11) is 0. The van der Waals surface area contributed by atoms with Crippen LogP contribution in [-0.4, -0.2) is 24.0 Å². The van der Waals surface area contributed by atoms with Gasteiger partial charge in [0.15, 0.2) is 0 Å². The number of halogens is 3. The molecule has 0 radical (unpaired) electrons. The number of hydrogen-bond acceptors (Lipinski definition) is 2. The zero-order chi connectivity index (χ0) is 13.6. The molecule has 1 aromatic rings. The van der Waals surface area contributed by atoms with Crippen molar-refractivity contribution in [1.29, 1.82) is 0 Å². The van der Waals surface area contributed by atoms with Crippen LogP contribution < -0.4 is 5.73 Å². The molecule has 0 bridgehead atoms. The third-order valence-corrected chi connectivity index (χ3v) is 5.34. The van der Waals surface area contributed by atoms with Crippen LogP contribution in [-0.2, 0) is 6.54 Å². The van der Waals surface area contributed by atoms with Crippen LogP contribution in [0.5, 0.6) is 0 Å². The summed E-state index contributed by atoms with van der Waals surface area (Å²) in [6, 6.07) is 3.09. The molecule has 3 atom stereocenters. The van der Waals surface area contributed by atoms with Gasteiger partial charge in [-0.2, -0.15) is 0 Å². The van der Waals surface area contributed by atoms with Crippen LogP contribution in [0.2, 0.25) is 0 Å². The van der Waals surface area contributed by atoms with Gasteiger partial charge in [0.2, 0.25) is 0 Å². The molecule has 1 saturated heterocycles. The Kier molecular flexibility index (Phi) is 3.79. The fourth-order valence-electron chi connectivity index (χ4n) is 3.47. The van der Waals surface area contributed by atoms with Crippen molar-refractivity contribution in [1.82, 2.24) is 4.90 Å². The lowest BCUT2D eigenvalue weighted by atomic mass is 9.98. The smallest absolute Gasteiger partial charge is 0.143 e. The van der Waals surface area contributed by atoms with Gasteiger partial charge in [-0.25, -0.2) is 8.78 Å². The largest absolute Gasteiger partial charge is 0.327 e. The van der Waals surface area contributed by atoms with E-state index in [0.717, 1.165) is 25.9 Å². The monoisotopic (exact) mass is 378 g/mol. The van der Waals surface area contributed by atoms with E-state index in [1.165, 1.54) is 12.1 Å². The molecule has 0 aromatic heterocycles. The molecular formula is C14H17F2IN2. The van der Waals surface area contributed by atoms with Crippen molar-refractivity contribution in [2.45, 2.75) is 25.4 Å². The Morgan fingerprint density at radius 3 is 2.79 bits per heavy atom. The Bertz CT molecular complexity index is 495. The van der Waals surface area contributed by atoms with Gasteiger partial charge in [0.05, 0.1) is 0 Å². The number of likely N-dealkylation sites (tertiary alicyclic amines) is 1. The molecule has 19 heavy (non-hydrogen) atoms. The molecule has 104 valence electrons. The van der Waals surface area contributed by atoms with Crippen LogP contribution in [0.25, 0.3) is 0 Å². The minimum absolute atomic E-state index is 0.195. The van der Waals surface area contributed by atoms with E-state index in [2.05, 4.69) is 4.90 Å². The summed E-state index contributed by atoms with van der Waals surface area (Å²) in [5.74, 6) is 0.263. The van der Waals surface area contributed by atoms with Gasteiger partial charge in [-0.1, -0.05) is 0 Å². The van der Waals surface area contributed by atoms with Crippen molar-refractivity contribution < 1.29 is 8.78 Å². The first-order chi connectivity index (χ1) is 9.06. The van der Waals surface area contributed by atoms with E-state index in [1.54, 1.807) is 0 Å². The van der Waals surface area contributed by atoms with Crippen LogP contribution in [0.1, 0.15) is 18.4 Å². The fraction of sp³-hybridized carbons (Fsp3) is 0.571. The summed E-state index contributed by atoms with van der Waals surface area (Å²) >= 11 is 1.90. The lowest BCUT2D eigenvalue weighted by molar-refractivity contribution is 0.288. The van der Waals surface area contributed by atoms with Gasteiger partial charge in [0.1, 0.15) is 11.6 Å². The molecule has 5 heteroatoms. The molecule has 1 aliphatic carbocycles. The highest BCUT2D eigenvalue weighted by Gasteiger charge is 2.41. The van der Waals surface area contributed by atoms with Crippen LogP contribution >= 0.6 is 22.6 Å². The maximum absolute atomic E-state index is 14.0. The van der Waals surface area contributed by atoms with Crippen LogP contribution in [0, 0.1) is 27.0 Å². The van der Waals surface area contributed by atoms with Crippen molar-refractivity contribution in [2.24, 2.45) is 17.6 Å². The Morgan fingerprint density at radius 2 is 2.05 bits per heavy atom. The van der Waals surface area contributed by atoms with E-state index in [0.29, 0.717) is 22.0 Å². The summed E-state index contributed by atoms with van der Waals surface area (Å²) in [4.78, 5) is 2.14. The molecule has 3 rings (SSSR count). The average Bonchev–Trinajstić information content (AvgIpc) is 2.92. The number of nitrogens with zero attached hydrogens (tertiary/aromatic N) is 1. The topological polar surface area (TPSA) is 29.3 Å². The highest BCUT2D eigenvalue weighted by atomic mass is 127. The molecule has 3 unspecified atom stereocenters. The first kappa shape index (κ1) is 13.7. The number of nitrogens with two attached hydrogens (primary N) is 1. The summed E-state index contributed by atoms with van der Waals surface area (Å²) in [5, 5.41) is 0. The second-order valence-corrected chi connectivity index (χ2v) is 6.84. The maximum Gasteiger partial charge on any atom is 0.143 e. The second-order valence-electron chi connectivity index (χ2n) is 5.68. The van der Waals surface area contributed by atoms with Gasteiger partial charge >= 0.3 is 0 Å². The molecule has 1 aromatic carbocycles. The summed E-state index contributed by atoms with van der Waals surface area (Å²) in [5.41, 5.74) is 6.28. The number of benzene rings is 1. The number of hydrogen-bond donors (Lipinski definition) is 1. The average molecular weight is 378 g/mol. The molecule has 0 spiro atoms. The normalized spacial score (nSPS) is 30.8. The zero-order valence-corrected chi connectivity index (χ0v) is 12.7. The zero-order valence-electron chi connectivity index (χ0n) is 10.6. The van der Waals surface area contributed by atoms with E-state index in [-0.39, 0.29) is 11.6 Å². The first-order valence-electron chi connectivity index (χ1n) is 6.66. The quantitative estimate of drug-likeness (QED) is 0.634. The maximum atomic E-state index is 14.0. The summed E-state index contributed by atoms with van der Waals surface area (Å²) in [6.45, 7) is 2.15. The number of rotatable bonds is 2. The predicted octanol–water partition coefficient (Wildman–Crippen LogP) is 2.74. The first-order valence-corrected chi connectivity index (χ1v) is 7.74. The van der Waals surface area contributed by atoms with Crippen LogP contribution in [0.3, 0.4) is 0 Å². The predicted molar refractivity (Wildman–Crippen MR) is 78.5 cm³/mol. The summed E-state index contributed by atoms with van der Waals surface area (Å²) < 4.78 is 28.2. The second kappa shape index (κ2) is 5.26. The third kappa shape index (κ3) is 2.52. The fourth-order valence-corrected chi connectivity index (χ4v) is 3.97. The Labute approximate surface area is 125 Å². The Hall–Kier alpha value is -0.270. The van der Waals surface area contributed by atoms with Gasteiger partial charge in [0, 0.05) is 34.8 Å². The molecule has 1 saturated carbocycles. The minimum Gasteiger partial charge on any atom is -0.327 e. The highest BCUT2D eigenvalue weighted by Crippen LogP contribution is 2.38. The van der Waals surface area contributed by atoms with Gasteiger partial charge in [-0.15, -0.1) is 0 Å². The van der Waals surface area contributed by atoms with Crippen LogP contribution in [0.15, 0.2) is 12.1 Å². The number of fused-ring (bicyclic) bond motifs is 1. The van der Waals surface area contributed by atoms with Crippen molar-refractivity contribution in [3.05, 3.63) is 32.9 Å². The van der Waals surface area contributed by atoms with Crippen LogP contribution in [0.4, 0.5) is 8.78 Å². The minimum atomic E-state index is -0.445. The third-order valence-electron chi connectivity index (χ3n) is 4.51. The van der Waals surface area contributed by atoms with Crippen molar-refractivity contribution >= 4 is 22.6 Å². The molecule has 2 aliphatic rings. The molecule has 2 fully saturated rings. The molecule has 1 aliphatic heterocycles. The van der Waals surface area contributed by atoms with Gasteiger partial charge in [-0.3, -0.25) is 4.90 Å². The molecule has 0 amide bonds. The molecule has 1 heterocycles. The van der Waals surface area contributed by atoms with Crippen molar-refractivity contribution in [3.63, 3.8) is 0 Å². The molecular weight excluding hydrogens is 361 g/mol. The Morgan fingerprint density at radius 1 is 1.26 bits per heavy atom. The van der Waals surface area contributed by atoms with Crippen molar-refractivity contribution in [2.75, 3.05) is 13.1 Å². The van der Waals surface area contributed by atoms with Gasteiger partial charge in [0.25, 0.3) is 0 Å². The Balaban J connectivity index is 1.75. The van der Waals surface area contributed by atoms with E-state index in [1.807, 2.05) is 22.6 Å². The van der Waals surface area contributed by atoms with E-state index < -0.39 is 11.6 Å². The van der Waals surface area contributed by atoms with E-state index >= 15 is 0 Å². The van der Waals surface area contributed by atoms with E-state index in [4.69, 9.17) is 5.73 Å². The van der Waals surface area contributed by atoms with Gasteiger partial charge < -0.3 is 5.73 Å². The standard InChI is InChI=1S/C14H17F2IN2/c15-11-2-3-12(17)14(16)10(11)7-19-5-8-1-4-13(18)9(8)6-19/h2-3,8-9,13H,1,4-7,18H2. The molecule has 2 nitrogen and oxygen atoms in total. The van der Waals surface area contributed by atoms with Crippen molar-refractivity contribution in [3.8, 4) is 0 Å². The van der Waals surface area contributed by atoms with E-state index in [9.17, 15) is 8.78 Å². The lowest BCUT2D eigenvalue weighted by Gasteiger charge is -2.19. The summed E-state index contributed by atoms with van der Waals surface area (Å²) in [6.07, 6.45) is 2.24. The lowest BCUT2D eigenvalue weighted by Crippen LogP contribution is -2.30.